The summed E-state index contributed by atoms with van der Waals surface area (Å²) in [6.07, 6.45) is 1.74. The van der Waals surface area contributed by atoms with Gasteiger partial charge in [0.25, 0.3) is 0 Å². The van der Waals surface area contributed by atoms with Gasteiger partial charge in [0.1, 0.15) is 0 Å². The van der Waals surface area contributed by atoms with Gasteiger partial charge in [0, 0.05) is 38.2 Å². The molecule has 0 amide bonds. The lowest BCUT2D eigenvalue weighted by atomic mass is 10.1. The van der Waals surface area contributed by atoms with Crippen molar-refractivity contribution in [2.24, 2.45) is 0 Å². The standard InChI is InChI=1S/C21H27ClN2O3S/c1-23(28(25,26)21-10-6-18(7-11-21)3-2-12-22)17-19-4-8-20(9-5-19)24-13-15-27-16-14-24/h4-11H,2-3,12-17H2,1H3. The number of ether oxygens (including phenoxy) is 1. The van der Waals surface area contributed by atoms with Gasteiger partial charge in [0.15, 0.2) is 0 Å². The summed E-state index contributed by atoms with van der Waals surface area (Å²) in [5.41, 5.74) is 3.20. The van der Waals surface area contributed by atoms with Gasteiger partial charge in [-0.15, -0.1) is 11.6 Å². The highest BCUT2D eigenvalue weighted by Gasteiger charge is 2.21. The van der Waals surface area contributed by atoms with Gasteiger partial charge in [-0.3, -0.25) is 0 Å². The zero-order valence-corrected chi connectivity index (χ0v) is 17.8. The molecule has 152 valence electrons. The van der Waals surface area contributed by atoms with Gasteiger partial charge in [-0.05, 0) is 48.2 Å². The van der Waals surface area contributed by atoms with E-state index in [1.807, 2.05) is 36.4 Å². The van der Waals surface area contributed by atoms with Crippen molar-refractivity contribution in [3.05, 3.63) is 59.7 Å². The van der Waals surface area contributed by atoms with E-state index in [4.69, 9.17) is 16.3 Å². The van der Waals surface area contributed by atoms with Crippen LogP contribution in [0, 0.1) is 0 Å². The number of hydrogen-bond acceptors (Lipinski definition) is 4. The minimum Gasteiger partial charge on any atom is -0.378 e. The van der Waals surface area contributed by atoms with Crippen molar-refractivity contribution in [3.8, 4) is 0 Å². The van der Waals surface area contributed by atoms with E-state index in [9.17, 15) is 8.42 Å². The molecule has 1 aliphatic rings. The molecule has 0 unspecified atom stereocenters. The van der Waals surface area contributed by atoms with Gasteiger partial charge in [-0.2, -0.15) is 4.31 Å². The minimum atomic E-state index is -3.52. The fourth-order valence-electron chi connectivity index (χ4n) is 3.25. The summed E-state index contributed by atoms with van der Waals surface area (Å²) in [4.78, 5) is 2.59. The molecule has 1 saturated heterocycles. The number of benzene rings is 2. The molecule has 1 heterocycles. The highest BCUT2D eigenvalue weighted by atomic mass is 35.5. The van der Waals surface area contributed by atoms with E-state index >= 15 is 0 Å². The third kappa shape index (κ3) is 5.26. The maximum absolute atomic E-state index is 12.9. The quantitative estimate of drug-likeness (QED) is 0.611. The Hall–Kier alpha value is -1.60. The number of anilines is 1. The number of halogens is 1. The Morgan fingerprint density at radius 3 is 2.21 bits per heavy atom. The highest BCUT2D eigenvalue weighted by molar-refractivity contribution is 7.89. The number of rotatable bonds is 8. The van der Waals surface area contributed by atoms with Crippen molar-refractivity contribution >= 4 is 27.3 Å². The van der Waals surface area contributed by atoms with E-state index < -0.39 is 10.0 Å². The van der Waals surface area contributed by atoms with E-state index in [1.54, 1.807) is 19.2 Å². The van der Waals surface area contributed by atoms with Crippen LogP contribution in [0.3, 0.4) is 0 Å². The van der Waals surface area contributed by atoms with Crippen LogP contribution in [0.2, 0.25) is 0 Å². The van der Waals surface area contributed by atoms with Gasteiger partial charge in [0.05, 0.1) is 18.1 Å². The molecule has 5 nitrogen and oxygen atoms in total. The normalized spacial score (nSPS) is 15.2. The SMILES string of the molecule is CN(Cc1ccc(N2CCOCC2)cc1)S(=O)(=O)c1ccc(CCCCl)cc1. The molecule has 0 radical (unpaired) electrons. The molecule has 2 aromatic rings. The molecule has 3 rings (SSSR count). The molecule has 1 fully saturated rings. The van der Waals surface area contributed by atoms with Crippen LogP contribution in [0.4, 0.5) is 5.69 Å². The topological polar surface area (TPSA) is 49.9 Å². The summed E-state index contributed by atoms with van der Waals surface area (Å²) in [6, 6.07) is 15.2. The van der Waals surface area contributed by atoms with E-state index in [1.165, 1.54) is 4.31 Å². The number of nitrogens with zero attached hydrogens (tertiary/aromatic N) is 2. The summed E-state index contributed by atoms with van der Waals surface area (Å²) in [7, 11) is -1.91. The second-order valence-corrected chi connectivity index (χ2v) is 9.39. The summed E-state index contributed by atoms with van der Waals surface area (Å²) >= 11 is 5.72. The van der Waals surface area contributed by atoms with Gasteiger partial charge in [0.2, 0.25) is 10.0 Å². The predicted molar refractivity (Wildman–Crippen MR) is 114 cm³/mol. The average molecular weight is 423 g/mol. The van der Waals surface area contributed by atoms with E-state index in [0.717, 1.165) is 56.0 Å². The van der Waals surface area contributed by atoms with Crippen LogP contribution in [-0.4, -0.2) is 52.0 Å². The molecule has 0 aromatic heterocycles. The Bertz CT molecular complexity index is 848. The number of aryl methyl sites for hydroxylation is 1. The lowest BCUT2D eigenvalue weighted by molar-refractivity contribution is 0.122. The highest BCUT2D eigenvalue weighted by Crippen LogP contribution is 2.21. The largest absolute Gasteiger partial charge is 0.378 e. The van der Waals surface area contributed by atoms with Gasteiger partial charge in [-0.1, -0.05) is 24.3 Å². The van der Waals surface area contributed by atoms with Crippen molar-refractivity contribution in [2.45, 2.75) is 24.3 Å². The molecule has 0 atom stereocenters. The number of alkyl halides is 1. The third-order valence-corrected chi connectivity index (χ3v) is 7.03. The molecular formula is C21H27ClN2O3S. The number of hydrogen-bond donors (Lipinski definition) is 0. The Balaban J connectivity index is 1.64. The third-order valence-electron chi connectivity index (χ3n) is 4.95. The Labute approximate surface area is 172 Å². The van der Waals surface area contributed by atoms with Crippen molar-refractivity contribution in [1.29, 1.82) is 0 Å². The Morgan fingerprint density at radius 1 is 1.00 bits per heavy atom. The summed E-state index contributed by atoms with van der Waals surface area (Å²) in [5.74, 6) is 0.604. The fourth-order valence-corrected chi connectivity index (χ4v) is 4.55. The molecule has 0 N–H and O–H groups in total. The second kappa shape index (κ2) is 9.74. The lowest BCUT2D eigenvalue weighted by Crippen LogP contribution is -2.36. The Morgan fingerprint density at radius 2 is 1.61 bits per heavy atom. The molecule has 0 saturated carbocycles. The zero-order chi connectivity index (χ0) is 20.0. The van der Waals surface area contributed by atoms with E-state index in [-0.39, 0.29) is 0 Å². The van der Waals surface area contributed by atoms with Crippen LogP contribution in [0.25, 0.3) is 0 Å². The maximum atomic E-state index is 12.9. The monoisotopic (exact) mass is 422 g/mol. The molecule has 7 heteroatoms. The molecule has 1 aliphatic heterocycles. The predicted octanol–water partition coefficient (Wildman–Crippen LogP) is 3.52. The first-order chi connectivity index (χ1) is 13.5. The van der Waals surface area contributed by atoms with Crippen LogP contribution in [-0.2, 0) is 27.7 Å². The van der Waals surface area contributed by atoms with Crippen molar-refractivity contribution < 1.29 is 13.2 Å². The summed E-state index contributed by atoms with van der Waals surface area (Å²) in [5, 5.41) is 0. The first-order valence-electron chi connectivity index (χ1n) is 9.53. The van der Waals surface area contributed by atoms with Crippen molar-refractivity contribution in [2.75, 3.05) is 44.1 Å². The molecule has 0 aliphatic carbocycles. The molecule has 28 heavy (non-hydrogen) atoms. The van der Waals surface area contributed by atoms with Gasteiger partial charge >= 0.3 is 0 Å². The maximum Gasteiger partial charge on any atom is 0.243 e. The molecule has 0 spiro atoms. The van der Waals surface area contributed by atoms with Gasteiger partial charge in [-0.25, -0.2) is 8.42 Å². The molecule has 0 bridgehead atoms. The summed E-state index contributed by atoms with van der Waals surface area (Å²) < 4.78 is 32.5. The van der Waals surface area contributed by atoms with Crippen LogP contribution >= 0.6 is 11.6 Å². The van der Waals surface area contributed by atoms with Crippen LogP contribution < -0.4 is 4.90 Å². The van der Waals surface area contributed by atoms with Crippen molar-refractivity contribution in [1.82, 2.24) is 4.31 Å². The van der Waals surface area contributed by atoms with Crippen LogP contribution in [0.1, 0.15) is 17.5 Å². The lowest BCUT2D eigenvalue weighted by Gasteiger charge is -2.29. The average Bonchev–Trinajstić information content (AvgIpc) is 2.73. The second-order valence-electron chi connectivity index (χ2n) is 6.96. The van der Waals surface area contributed by atoms with Crippen LogP contribution in [0.5, 0.6) is 0 Å². The zero-order valence-electron chi connectivity index (χ0n) is 16.2. The number of sulfonamides is 1. The first-order valence-corrected chi connectivity index (χ1v) is 11.5. The first kappa shape index (κ1) is 21.1. The Kier molecular flexibility index (Phi) is 7.35. The minimum absolute atomic E-state index is 0.314. The van der Waals surface area contributed by atoms with Crippen molar-refractivity contribution in [3.63, 3.8) is 0 Å². The van der Waals surface area contributed by atoms with Crippen LogP contribution in [0.15, 0.2) is 53.4 Å². The summed E-state index contributed by atoms with van der Waals surface area (Å²) in [6.45, 7) is 3.59. The fraction of sp³-hybridized carbons (Fsp3) is 0.429. The molecule has 2 aromatic carbocycles. The van der Waals surface area contributed by atoms with Gasteiger partial charge < -0.3 is 9.64 Å². The molecular weight excluding hydrogens is 396 g/mol. The van der Waals surface area contributed by atoms with E-state index in [2.05, 4.69) is 4.90 Å². The number of morpholine rings is 1. The van der Waals surface area contributed by atoms with E-state index in [0.29, 0.717) is 17.3 Å². The smallest absolute Gasteiger partial charge is 0.243 e.